The maximum atomic E-state index is 12.1. The molecule has 0 aromatic carbocycles. The predicted molar refractivity (Wildman–Crippen MR) is 72.3 cm³/mol. The zero-order chi connectivity index (χ0) is 14.9. The first-order valence-corrected chi connectivity index (χ1v) is 5.77. The van der Waals surface area contributed by atoms with Crippen molar-refractivity contribution in [1.82, 2.24) is 14.1 Å². The van der Waals surface area contributed by atoms with Crippen molar-refractivity contribution in [3.05, 3.63) is 30.0 Å². The van der Waals surface area contributed by atoms with E-state index in [0.29, 0.717) is 11.4 Å². The molecule has 106 valence electrons. The summed E-state index contributed by atoms with van der Waals surface area (Å²) in [5, 5.41) is 2.60. The molecule has 0 aliphatic heterocycles. The van der Waals surface area contributed by atoms with Crippen LogP contribution in [0.1, 0.15) is 21.1 Å². The van der Waals surface area contributed by atoms with Crippen LogP contribution in [0.4, 0.5) is 11.5 Å². The van der Waals surface area contributed by atoms with Gasteiger partial charge in [-0.25, -0.2) is 9.78 Å². The number of hydrogen-bond donors (Lipinski definition) is 2. The topological polar surface area (TPSA) is 104 Å². The first-order valence-electron chi connectivity index (χ1n) is 5.77. The minimum absolute atomic E-state index is 0.106. The molecule has 20 heavy (non-hydrogen) atoms. The number of nitrogens with two attached hydrogens (primary N) is 1. The zero-order valence-corrected chi connectivity index (χ0v) is 11.4. The van der Waals surface area contributed by atoms with Gasteiger partial charge in [-0.05, 0) is 6.07 Å². The van der Waals surface area contributed by atoms with E-state index in [4.69, 9.17) is 5.73 Å². The number of carbonyl (C=O) groups is 2. The van der Waals surface area contributed by atoms with Gasteiger partial charge in [-0.2, -0.15) is 0 Å². The second-order valence-electron chi connectivity index (χ2n) is 4.28. The number of nitrogens with one attached hydrogen (secondary N) is 1. The number of amides is 1. The molecule has 0 saturated heterocycles. The second kappa shape index (κ2) is 5.08. The average molecular weight is 277 g/mol. The second-order valence-corrected chi connectivity index (χ2v) is 4.28. The van der Waals surface area contributed by atoms with Gasteiger partial charge in [0.15, 0.2) is 5.82 Å². The number of hydrogen-bond acceptors (Lipinski definition) is 5. The lowest BCUT2D eigenvalue weighted by Crippen LogP contribution is -2.15. The van der Waals surface area contributed by atoms with E-state index in [1.165, 1.54) is 17.9 Å². The molecule has 8 heteroatoms. The number of aryl methyl sites for hydroxylation is 2. The first kappa shape index (κ1) is 13.7. The van der Waals surface area contributed by atoms with Crippen molar-refractivity contribution in [2.75, 3.05) is 18.2 Å². The highest BCUT2D eigenvalue weighted by atomic mass is 16.5. The van der Waals surface area contributed by atoms with Crippen LogP contribution >= 0.6 is 0 Å². The normalized spacial score (nSPS) is 10.3. The van der Waals surface area contributed by atoms with Crippen LogP contribution in [0.25, 0.3) is 0 Å². The Kier molecular flexibility index (Phi) is 3.47. The van der Waals surface area contributed by atoms with E-state index in [1.807, 2.05) is 0 Å². The Morgan fingerprint density at radius 1 is 1.30 bits per heavy atom. The summed E-state index contributed by atoms with van der Waals surface area (Å²) in [4.78, 5) is 27.5. The van der Waals surface area contributed by atoms with Crippen LogP contribution in [0.2, 0.25) is 0 Å². The van der Waals surface area contributed by atoms with E-state index in [0.717, 1.165) is 0 Å². The third kappa shape index (κ3) is 2.48. The van der Waals surface area contributed by atoms with E-state index >= 15 is 0 Å². The number of nitrogen functional groups attached to an aromatic ring is 1. The van der Waals surface area contributed by atoms with Gasteiger partial charge in [0, 0.05) is 26.5 Å². The molecule has 0 aliphatic rings. The fraction of sp³-hybridized carbons (Fsp3) is 0.250. The summed E-state index contributed by atoms with van der Waals surface area (Å²) in [6, 6.07) is 1.56. The molecule has 1 amide bonds. The Labute approximate surface area is 115 Å². The van der Waals surface area contributed by atoms with Crippen LogP contribution in [-0.4, -0.2) is 33.1 Å². The summed E-state index contributed by atoms with van der Waals surface area (Å²) >= 11 is 0. The SMILES string of the molecule is COC(=O)c1nc(NC(=O)c2cc(N)cn2C)cn1C. The highest BCUT2D eigenvalue weighted by molar-refractivity contribution is 6.03. The molecule has 3 N–H and O–H groups in total. The van der Waals surface area contributed by atoms with Crippen molar-refractivity contribution >= 4 is 23.4 Å². The number of nitrogens with zero attached hydrogens (tertiary/aromatic N) is 3. The maximum Gasteiger partial charge on any atom is 0.374 e. The molecule has 8 nitrogen and oxygen atoms in total. The van der Waals surface area contributed by atoms with Crippen LogP contribution in [0.15, 0.2) is 18.5 Å². The van der Waals surface area contributed by atoms with Crippen LogP contribution in [0.5, 0.6) is 0 Å². The van der Waals surface area contributed by atoms with Crippen molar-refractivity contribution in [3.8, 4) is 0 Å². The molecule has 2 aromatic rings. The summed E-state index contributed by atoms with van der Waals surface area (Å²) in [7, 11) is 4.61. The number of aromatic nitrogens is 3. The fourth-order valence-corrected chi connectivity index (χ4v) is 1.80. The zero-order valence-electron chi connectivity index (χ0n) is 11.4. The highest BCUT2D eigenvalue weighted by Gasteiger charge is 2.17. The largest absolute Gasteiger partial charge is 0.463 e. The van der Waals surface area contributed by atoms with E-state index in [2.05, 4.69) is 15.0 Å². The van der Waals surface area contributed by atoms with E-state index in [-0.39, 0.29) is 17.5 Å². The molecular weight excluding hydrogens is 262 g/mol. The van der Waals surface area contributed by atoms with Crippen LogP contribution in [-0.2, 0) is 18.8 Å². The number of esters is 1. The van der Waals surface area contributed by atoms with Gasteiger partial charge >= 0.3 is 5.97 Å². The third-order valence-corrected chi connectivity index (χ3v) is 2.74. The Balaban J connectivity index is 2.20. The highest BCUT2D eigenvalue weighted by Crippen LogP contribution is 2.13. The Morgan fingerprint density at radius 2 is 2.00 bits per heavy atom. The van der Waals surface area contributed by atoms with Crippen LogP contribution in [0.3, 0.4) is 0 Å². The molecule has 0 unspecified atom stereocenters. The van der Waals surface area contributed by atoms with Crippen molar-refractivity contribution in [1.29, 1.82) is 0 Å². The number of ether oxygens (including phenoxy) is 1. The molecule has 0 fully saturated rings. The monoisotopic (exact) mass is 277 g/mol. The number of carbonyl (C=O) groups excluding carboxylic acids is 2. The van der Waals surface area contributed by atoms with E-state index in [1.54, 1.807) is 30.9 Å². The van der Waals surface area contributed by atoms with Gasteiger partial charge < -0.3 is 24.9 Å². The van der Waals surface area contributed by atoms with E-state index < -0.39 is 5.97 Å². The Morgan fingerprint density at radius 3 is 2.55 bits per heavy atom. The number of imidazole rings is 1. The van der Waals surface area contributed by atoms with Gasteiger partial charge in [0.05, 0.1) is 12.8 Å². The molecule has 0 radical (unpaired) electrons. The Hall–Kier alpha value is -2.77. The smallest absolute Gasteiger partial charge is 0.374 e. The first-order chi connectivity index (χ1) is 9.42. The molecular formula is C12H15N5O3. The van der Waals surface area contributed by atoms with Crippen molar-refractivity contribution in [3.63, 3.8) is 0 Å². The van der Waals surface area contributed by atoms with E-state index in [9.17, 15) is 9.59 Å². The third-order valence-electron chi connectivity index (χ3n) is 2.74. The molecule has 0 aliphatic carbocycles. The van der Waals surface area contributed by atoms with Crippen molar-refractivity contribution in [2.24, 2.45) is 14.1 Å². The quantitative estimate of drug-likeness (QED) is 0.789. The van der Waals surface area contributed by atoms with Gasteiger partial charge in [0.2, 0.25) is 5.82 Å². The minimum atomic E-state index is -0.573. The average Bonchev–Trinajstić information content (AvgIpc) is 2.91. The maximum absolute atomic E-state index is 12.1. The molecule has 2 heterocycles. The van der Waals surface area contributed by atoms with Gasteiger partial charge in [-0.1, -0.05) is 0 Å². The number of rotatable bonds is 3. The van der Waals surface area contributed by atoms with Gasteiger partial charge in [-0.15, -0.1) is 0 Å². The summed E-state index contributed by atoms with van der Waals surface area (Å²) in [5.41, 5.74) is 6.51. The minimum Gasteiger partial charge on any atom is -0.463 e. The van der Waals surface area contributed by atoms with Gasteiger partial charge in [0.1, 0.15) is 5.69 Å². The standard InChI is InChI=1S/C12H15N5O3/c1-16-5-7(13)4-8(16)11(18)15-9-6-17(2)10(14-9)12(19)20-3/h4-6H,13H2,1-3H3,(H,15,18). The molecule has 0 spiro atoms. The van der Waals surface area contributed by atoms with Crippen LogP contribution in [0, 0.1) is 0 Å². The molecule has 2 aromatic heterocycles. The van der Waals surface area contributed by atoms with Gasteiger partial charge in [0.25, 0.3) is 5.91 Å². The van der Waals surface area contributed by atoms with Crippen molar-refractivity contribution < 1.29 is 14.3 Å². The van der Waals surface area contributed by atoms with Crippen LogP contribution < -0.4 is 11.1 Å². The number of methoxy groups -OCH3 is 1. The molecule has 2 rings (SSSR count). The summed E-state index contributed by atoms with van der Waals surface area (Å²) < 4.78 is 7.67. The summed E-state index contributed by atoms with van der Waals surface area (Å²) in [6.07, 6.45) is 3.16. The molecule has 0 bridgehead atoms. The van der Waals surface area contributed by atoms with Gasteiger partial charge in [-0.3, -0.25) is 4.79 Å². The van der Waals surface area contributed by atoms with Crippen molar-refractivity contribution in [2.45, 2.75) is 0 Å². The molecule has 0 atom stereocenters. The molecule has 0 saturated carbocycles. The lowest BCUT2D eigenvalue weighted by molar-refractivity contribution is 0.0582. The number of anilines is 2. The Bertz CT molecular complexity index is 671. The predicted octanol–water partition coefficient (Wildman–Crippen LogP) is 0.380. The lowest BCUT2D eigenvalue weighted by Gasteiger charge is -2.02. The summed E-state index contributed by atoms with van der Waals surface area (Å²) in [5.74, 6) is -0.568. The lowest BCUT2D eigenvalue weighted by atomic mass is 10.4. The fourth-order valence-electron chi connectivity index (χ4n) is 1.80. The summed E-state index contributed by atoms with van der Waals surface area (Å²) in [6.45, 7) is 0.